The summed E-state index contributed by atoms with van der Waals surface area (Å²) in [6.45, 7) is 1.73. The minimum absolute atomic E-state index is 0.0280. The fraction of sp³-hybridized carbons (Fsp3) is 0.533. The lowest BCUT2D eigenvalue weighted by atomic mass is 9.98. The zero-order valence-corrected chi connectivity index (χ0v) is 12.6. The molecule has 1 heterocycles. The van der Waals surface area contributed by atoms with Gasteiger partial charge in [0.2, 0.25) is 5.91 Å². The van der Waals surface area contributed by atoms with Crippen LogP contribution in [0, 0.1) is 5.92 Å². The van der Waals surface area contributed by atoms with Crippen molar-refractivity contribution in [1.82, 2.24) is 10.6 Å². The molecule has 0 aliphatic carbocycles. The van der Waals surface area contributed by atoms with Crippen LogP contribution in [0.3, 0.4) is 0 Å². The Labute approximate surface area is 122 Å². The molecule has 1 aromatic carbocycles. The third kappa shape index (κ3) is 4.42. The van der Waals surface area contributed by atoms with Crippen LogP contribution < -0.4 is 10.6 Å². The Balaban J connectivity index is 2.03. The number of nitrogens with one attached hydrogen (secondary N) is 2. The van der Waals surface area contributed by atoms with Crippen LogP contribution in [0.4, 0.5) is 0 Å². The molecule has 4 nitrogen and oxygen atoms in total. The van der Waals surface area contributed by atoms with Gasteiger partial charge in [0.1, 0.15) is 0 Å². The topological polar surface area (TPSA) is 58.2 Å². The van der Waals surface area contributed by atoms with Crippen LogP contribution in [0.5, 0.6) is 0 Å². The summed E-state index contributed by atoms with van der Waals surface area (Å²) in [6.07, 6.45) is 3.63. The number of amides is 1. The van der Waals surface area contributed by atoms with Gasteiger partial charge in [-0.15, -0.1) is 0 Å². The van der Waals surface area contributed by atoms with Crippen LogP contribution in [0.1, 0.15) is 24.4 Å². The maximum atomic E-state index is 12.3. The molecule has 20 heavy (non-hydrogen) atoms. The number of hydrogen-bond donors (Lipinski definition) is 2. The predicted octanol–water partition coefficient (Wildman–Crippen LogP) is 1.22. The van der Waals surface area contributed by atoms with E-state index in [2.05, 4.69) is 10.6 Å². The molecule has 0 spiro atoms. The standard InChI is InChI=1S/C15H22N2O2S/c1-20(19)11-14(12-6-3-2-4-7-12)17-15(18)13-8-5-9-16-10-13/h2-4,6-7,13-14,16H,5,8-11H2,1H3,(H,17,18). The first-order chi connectivity index (χ1) is 9.66. The van der Waals surface area contributed by atoms with E-state index in [1.165, 1.54) is 0 Å². The molecule has 3 unspecified atom stereocenters. The minimum Gasteiger partial charge on any atom is -0.348 e. The summed E-state index contributed by atoms with van der Waals surface area (Å²) in [5, 5.41) is 6.31. The van der Waals surface area contributed by atoms with E-state index in [-0.39, 0.29) is 17.9 Å². The lowest BCUT2D eigenvalue weighted by molar-refractivity contribution is -0.126. The Hall–Kier alpha value is -1.20. The smallest absolute Gasteiger partial charge is 0.224 e. The molecule has 1 aliphatic rings. The van der Waals surface area contributed by atoms with Gasteiger partial charge in [0.05, 0.1) is 12.0 Å². The minimum atomic E-state index is -0.948. The Morgan fingerprint density at radius 3 is 2.80 bits per heavy atom. The number of carbonyl (C=O) groups is 1. The van der Waals surface area contributed by atoms with E-state index in [4.69, 9.17) is 0 Å². The zero-order chi connectivity index (χ0) is 14.4. The van der Waals surface area contributed by atoms with Crippen molar-refractivity contribution in [2.24, 2.45) is 5.92 Å². The monoisotopic (exact) mass is 294 g/mol. The van der Waals surface area contributed by atoms with E-state index >= 15 is 0 Å². The highest BCUT2D eigenvalue weighted by molar-refractivity contribution is 7.84. The molecule has 2 rings (SSSR count). The second kappa shape index (κ2) is 7.55. The Morgan fingerprint density at radius 2 is 2.20 bits per heavy atom. The number of carbonyl (C=O) groups excluding carboxylic acids is 1. The number of hydrogen-bond acceptors (Lipinski definition) is 3. The lowest BCUT2D eigenvalue weighted by Crippen LogP contribution is -2.42. The fourth-order valence-corrected chi connectivity index (χ4v) is 3.25. The predicted molar refractivity (Wildman–Crippen MR) is 81.9 cm³/mol. The number of rotatable bonds is 5. The van der Waals surface area contributed by atoms with Crippen molar-refractivity contribution in [3.05, 3.63) is 35.9 Å². The van der Waals surface area contributed by atoms with Gasteiger partial charge in [-0.25, -0.2) is 0 Å². The molecule has 0 saturated carbocycles. The third-order valence-corrected chi connectivity index (χ3v) is 4.39. The second-order valence-electron chi connectivity index (χ2n) is 5.25. The molecule has 110 valence electrons. The Kier molecular flexibility index (Phi) is 5.73. The second-order valence-corrected chi connectivity index (χ2v) is 6.73. The van der Waals surface area contributed by atoms with Gasteiger partial charge in [-0.05, 0) is 24.9 Å². The molecule has 1 amide bonds. The summed E-state index contributed by atoms with van der Waals surface area (Å²) in [6, 6.07) is 9.59. The third-order valence-electron chi connectivity index (χ3n) is 3.59. The highest BCUT2D eigenvalue weighted by atomic mass is 32.2. The van der Waals surface area contributed by atoms with E-state index in [1.54, 1.807) is 6.26 Å². The quantitative estimate of drug-likeness (QED) is 0.858. The van der Waals surface area contributed by atoms with Crippen LogP contribution >= 0.6 is 0 Å². The molecule has 5 heteroatoms. The maximum Gasteiger partial charge on any atom is 0.224 e. The van der Waals surface area contributed by atoms with Crippen LogP contribution in [-0.2, 0) is 15.6 Å². The Bertz CT molecular complexity index is 458. The van der Waals surface area contributed by atoms with Crippen LogP contribution in [0.25, 0.3) is 0 Å². The van der Waals surface area contributed by atoms with Gasteiger partial charge in [0.15, 0.2) is 0 Å². The highest BCUT2D eigenvalue weighted by Crippen LogP contribution is 2.16. The fourth-order valence-electron chi connectivity index (χ4n) is 2.51. The largest absolute Gasteiger partial charge is 0.348 e. The van der Waals surface area contributed by atoms with Gasteiger partial charge in [0.25, 0.3) is 0 Å². The van der Waals surface area contributed by atoms with E-state index in [9.17, 15) is 9.00 Å². The van der Waals surface area contributed by atoms with Gasteiger partial charge < -0.3 is 10.6 Å². The SMILES string of the molecule is CS(=O)CC(NC(=O)C1CCCNC1)c1ccccc1. The summed E-state index contributed by atoms with van der Waals surface area (Å²) in [4.78, 5) is 12.3. The average molecular weight is 294 g/mol. The molecule has 3 atom stereocenters. The van der Waals surface area contributed by atoms with Crippen LogP contribution in [0.15, 0.2) is 30.3 Å². The van der Waals surface area contributed by atoms with Gasteiger partial charge in [-0.1, -0.05) is 30.3 Å². The lowest BCUT2D eigenvalue weighted by Gasteiger charge is -2.25. The first kappa shape index (κ1) is 15.2. The summed E-state index contributed by atoms with van der Waals surface area (Å²) in [5.41, 5.74) is 1.01. The average Bonchev–Trinajstić information content (AvgIpc) is 2.48. The van der Waals surface area contributed by atoms with E-state index in [1.807, 2.05) is 30.3 Å². The van der Waals surface area contributed by atoms with Crippen LogP contribution in [0.2, 0.25) is 0 Å². The van der Waals surface area contributed by atoms with E-state index in [0.717, 1.165) is 31.5 Å². The zero-order valence-electron chi connectivity index (χ0n) is 11.8. The van der Waals surface area contributed by atoms with Gasteiger partial charge >= 0.3 is 0 Å². The van der Waals surface area contributed by atoms with Gasteiger partial charge in [-0.3, -0.25) is 9.00 Å². The summed E-state index contributed by atoms with van der Waals surface area (Å²) < 4.78 is 11.5. The molecular weight excluding hydrogens is 272 g/mol. The molecule has 1 aliphatic heterocycles. The number of benzene rings is 1. The van der Waals surface area contributed by atoms with Crippen molar-refractivity contribution >= 4 is 16.7 Å². The molecular formula is C15H22N2O2S. The molecule has 0 bridgehead atoms. The van der Waals surface area contributed by atoms with E-state index < -0.39 is 10.8 Å². The van der Waals surface area contributed by atoms with E-state index in [0.29, 0.717) is 5.75 Å². The summed E-state index contributed by atoms with van der Waals surface area (Å²) in [7, 11) is -0.948. The Morgan fingerprint density at radius 1 is 1.45 bits per heavy atom. The van der Waals surface area contributed by atoms with Gasteiger partial charge in [0, 0.05) is 29.4 Å². The summed E-state index contributed by atoms with van der Waals surface area (Å²) in [5.74, 6) is 0.548. The van der Waals surface area contributed by atoms with Crippen LogP contribution in [-0.4, -0.2) is 35.2 Å². The molecule has 0 aromatic heterocycles. The molecule has 1 fully saturated rings. The first-order valence-electron chi connectivity index (χ1n) is 7.03. The summed E-state index contributed by atoms with van der Waals surface area (Å²) >= 11 is 0. The molecule has 1 saturated heterocycles. The van der Waals surface area contributed by atoms with Crippen molar-refractivity contribution in [2.45, 2.75) is 18.9 Å². The number of piperidine rings is 1. The molecule has 1 aromatic rings. The maximum absolute atomic E-state index is 12.3. The highest BCUT2D eigenvalue weighted by Gasteiger charge is 2.24. The normalized spacial score (nSPS) is 21.9. The molecule has 2 N–H and O–H groups in total. The first-order valence-corrected chi connectivity index (χ1v) is 8.75. The van der Waals surface area contributed by atoms with Crippen molar-refractivity contribution < 1.29 is 9.00 Å². The van der Waals surface area contributed by atoms with Crippen molar-refractivity contribution in [3.63, 3.8) is 0 Å². The van der Waals surface area contributed by atoms with Gasteiger partial charge in [-0.2, -0.15) is 0 Å². The van der Waals surface area contributed by atoms with Crippen molar-refractivity contribution in [1.29, 1.82) is 0 Å². The van der Waals surface area contributed by atoms with Crippen molar-refractivity contribution in [3.8, 4) is 0 Å². The van der Waals surface area contributed by atoms with Crippen molar-refractivity contribution in [2.75, 3.05) is 25.1 Å². The molecule has 0 radical (unpaired) electrons.